The van der Waals surface area contributed by atoms with Crippen LogP contribution in [0.1, 0.15) is 62.6 Å². The minimum Gasteiger partial charge on any atom is -0.493 e. The van der Waals surface area contributed by atoms with Crippen LogP contribution in [0.4, 0.5) is 0 Å². The number of ether oxygens (including phenoxy) is 1. The zero-order valence-electron chi connectivity index (χ0n) is 18.2. The van der Waals surface area contributed by atoms with Crippen molar-refractivity contribution < 1.29 is 9.26 Å². The van der Waals surface area contributed by atoms with Gasteiger partial charge in [-0.1, -0.05) is 24.4 Å². The number of nitrogens with one attached hydrogen (secondary N) is 1. The third kappa shape index (κ3) is 5.32. The Bertz CT molecular complexity index is 774. The maximum atomic E-state index is 6.33. The zero-order chi connectivity index (χ0) is 20.1. The second-order valence-corrected chi connectivity index (χ2v) is 9.33. The predicted molar refractivity (Wildman–Crippen MR) is 117 cm³/mol. The average Bonchev–Trinajstić information content (AvgIpc) is 3.16. The summed E-state index contributed by atoms with van der Waals surface area (Å²) >= 11 is 0. The van der Waals surface area contributed by atoms with Crippen molar-refractivity contribution in [1.29, 1.82) is 0 Å². The fourth-order valence-electron chi connectivity index (χ4n) is 4.95. The highest BCUT2D eigenvalue weighted by molar-refractivity contribution is 5.84. The Morgan fingerprint density at radius 3 is 2.62 bits per heavy atom. The summed E-state index contributed by atoms with van der Waals surface area (Å²) in [5.41, 5.74) is 3.17. The van der Waals surface area contributed by atoms with E-state index in [2.05, 4.69) is 41.6 Å². The first-order chi connectivity index (χ1) is 14.2. The van der Waals surface area contributed by atoms with E-state index in [1.807, 2.05) is 0 Å². The van der Waals surface area contributed by atoms with Crippen molar-refractivity contribution in [3.05, 3.63) is 23.4 Å². The molecular formula is C24H37N3O2. The summed E-state index contributed by atoms with van der Waals surface area (Å²) < 4.78 is 12.2. The molecule has 1 saturated heterocycles. The lowest BCUT2D eigenvalue weighted by atomic mass is 9.90. The Hall–Kier alpha value is -1.59. The van der Waals surface area contributed by atoms with Crippen molar-refractivity contribution in [3.8, 4) is 5.75 Å². The minimum absolute atomic E-state index is 0.696. The van der Waals surface area contributed by atoms with Gasteiger partial charge in [0.25, 0.3) is 0 Å². The van der Waals surface area contributed by atoms with E-state index < -0.39 is 0 Å². The number of hydrogen-bond donors (Lipinski definition) is 1. The first-order valence-corrected chi connectivity index (χ1v) is 11.6. The van der Waals surface area contributed by atoms with E-state index in [4.69, 9.17) is 9.26 Å². The largest absolute Gasteiger partial charge is 0.493 e. The molecule has 160 valence electrons. The highest BCUT2D eigenvalue weighted by atomic mass is 16.5. The van der Waals surface area contributed by atoms with Crippen LogP contribution in [0.2, 0.25) is 0 Å². The van der Waals surface area contributed by atoms with E-state index >= 15 is 0 Å². The number of hydrogen-bond acceptors (Lipinski definition) is 5. The lowest BCUT2D eigenvalue weighted by Crippen LogP contribution is -2.27. The van der Waals surface area contributed by atoms with E-state index in [-0.39, 0.29) is 0 Å². The molecule has 1 aromatic heterocycles. The van der Waals surface area contributed by atoms with Crippen LogP contribution in [0.3, 0.4) is 0 Å². The zero-order valence-corrected chi connectivity index (χ0v) is 18.2. The Morgan fingerprint density at radius 2 is 1.86 bits per heavy atom. The van der Waals surface area contributed by atoms with Gasteiger partial charge in [0.1, 0.15) is 5.75 Å². The molecule has 1 aliphatic heterocycles. The molecule has 1 N–H and O–H groups in total. The van der Waals surface area contributed by atoms with E-state index in [0.717, 1.165) is 61.2 Å². The SMILES string of the molecule is CN(C)Cc1c(OCC2CCCCC2)ccc2c(CCC3CCNCC3)noc12. The van der Waals surface area contributed by atoms with Crippen LogP contribution in [0.5, 0.6) is 5.75 Å². The fourth-order valence-corrected chi connectivity index (χ4v) is 4.95. The number of aryl methyl sites for hydroxylation is 1. The second-order valence-electron chi connectivity index (χ2n) is 9.33. The Labute approximate surface area is 175 Å². The predicted octanol–water partition coefficient (Wildman–Crippen LogP) is 4.78. The molecule has 1 saturated carbocycles. The van der Waals surface area contributed by atoms with Crippen LogP contribution in [-0.4, -0.2) is 43.8 Å². The van der Waals surface area contributed by atoms with Crippen LogP contribution in [-0.2, 0) is 13.0 Å². The maximum Gasteiger partial charge on any atom is 0.175 e. The molecule has 2 heterocycles. The molecule has 0 radical (unpaired) electrons. The fraction of sp³-hybridized carbons (Fsp3) is 0.708. The van der Waals surface area contributed by atoms with Crippen molar-refractivity contribution >= 4 is 11.0 Å². The Balaban J connectivity index is 1.49. The molecule has 5 nitrogen and oxygen atoms in total. The molecule has 2 fully saturated rings. The molecular weight excluding hydrogens is 362 g/mol. The molecule has 5 heteroatoms. The Morgan fingerprint density at radius 1 is 1.07 bits per heavy atom. The molecule has 29 heavy (non-hydrogen) atoms. The first-order valence-electron chi connectivity index (χ1n) is 11.6. The topological polar surface area (TPSA) is 50.5 Å². The van der Waals surface area contributed by atoms with Crippen LogP contribution in [0.25, 0.3) is 11.0 Å². The maximum absolute atomic E-state index is 6.33. The van der Waals surface area contributed by atoms with Crippen LogP contribution in [0, 0.1) is 11.8 Å². The number of nitrogens with zero attached hydrogens (tertiary/aromatic N) is 2. The smallest absolute Gasteiger partial charge is 0.175 e. The van der Waals surface area contributed by atoms with Gasteiger partial charge in [-0.3, -0.25) is 0 Å². The van der Waals surface area contributed by atoms with Crippen molar-refractivity contribution in [2.75, 3.05) is 33.8 Å². The number of benzene rings is 1. The highest BCUT2D eigenvalue weighted by Crippen LogP contribution is 2.33. The lowest BCUT2D eigenvalue weighted by Gasteiger charge is -2.23. The molecule has 0 amide bonds. The van der Waals surface area contributed by atoms with Gasteiger partial charge in [0.05, 0.1) is 17.9 Å². The molecule has 0 unspecified atom stereocenters. The lowest BCUT2D eigenvalue weighted by molar-refractivity contribution is 0.205. The summed E-state index contributed by atoms with van der Waals surface area (Å²) in [6.45, 7) is 3.93. The highest BCUT2D eigenvalue weighted by Gasteiger charge is 2.21. The van der Waals surface area contributed by atoms with Gasteiger partial charge >= 0.3 is 0 Å². The number of piperidine rings is 1. The van der Waals surface area contributed by atoms with Crippen LogP contribution >= 0.6 is 0 Å². The molecule has 0 spiro atoms. The van der Waals surface area contributed by atoms with Crippen LogP contribution in [0.15, 0.2) is 16.7 Å². The number of fused-ring (bicyclic) bond motifs is 1. The normalized spacial score (nSPS) is 19.3. The van der Waals surface area contributed by atoms with Gasteiger partial charge in [-0.15, -0.1) is 0 Å². The number of rotatable bonds is 8. The Kier molecular flexibility index (Phi) is 7.09. The van der Waals surface area contributed by atoms with Gasteiger partial charge in [-0.2, -0.15) is 0 Å². The van der Waals surface area contributed by atoms with Crippen molar-refractivity contribution in [2.45, 2.75) is 64.3 Å². The minimum atomic E-state index is 0.696. The molecule has 1 aliphatic carbocycles. The van der Waals surface area contributed by atoms with Gasteiger partial charge in [-0.25, -0.2) is 0 Å². The average molecular weight is 400 g/mol. The van der Waals surface area contributed by atoms with Gasteiger partial charge in [0, 0.05) is 11.9 Å². The molecule has 2 aliphatic rings. The third-order valence-corrected chi connectivity index (χ3v) is 6.70. The number of aromatic nitrogens is 1. The van der Waals surface area contributed by atoms with Gasteiger partial charge in [-0.05, 0) is 89.7 Å². The summed E-state index contributed by atoms with van der Waals surface area (Å²) in [7, 11) is 4.19. The quantitative estimate of drug-likeness (QED) is 0.692. The summed E-state index contributed by atoms with van der Waals surface area (Å²) in [5, 5.41) is 9.09. The van der Waals surface area contributed by atoms with Gasteiger partial charge < -0.3 is 19.5 Å². The standard InChI is InChI=1S/C24H37N3O2/c1-27(2)16-21-23(28-17-19-6-4-3-5-7-19)11-9-20-22(26-29-24(20)21)10-8-18-12-14-25-15-13-18/h9,11,18-19,25H,3-8,10,12-17H2,1-2H3. The van der Waals surface area contributed by atoms with E-state index in [9.17, 15) is 0 Å². The van der Waals surface area contributed by atoms with Gasteiger partial charge in [0.2, 0.25) is 0 Å². The third-order valence-electron chi connectivity index (χ3n) is 6.70. The molecule has 0 bridgehead atoms. The van der Waals surface area contributed by atoms with E-state index in [0.29, 0.717) is 5.92 Å². The molecule has 0 atom stereocenters. The molecule has 1 aromatic carbocycles. The summed E-state index contributed by atoms with van der Waals surface area (Å²) in [4.78, 5) is 2.18. The first kappa shape index (κ1) is 20.7. The summed E-state index contributed by atoms with van der Waals surface area (Å²) in [6.07, 6.45) is 11.4. The van der Waals surface area contributed by atoms with E-state index in [1.165, 1.54) is 56.8 Å². The van der Waals surface area contributed by atoms with Crippen molar-refractivity contribution in [3.63, 3.8) is 0 Å². The van der Waals surface area contributed by atoms with E-state index in [1.54, 1.807) is 0 Å². The van der Waals surface area contributed by atoms with Gasteiger partial charge in [0.15, 0.2) is 5.58 Å². The monoisotopic (exact) mass is 399 g/mol. The molecule has 2 aromatic rings. The summed E-state index contributed by atoms with van der Waals surface area (Å²) in [5.74, 6) is 2.47. The second kappa shape index (κ2) is 9.94. The van der Waals surface area contributed by atoms with Crippen molar-refractivity contribution in [2.24, 2.45) is 11.8 Å². The van der Waals surface area contributed by atoms with Crippen LogP contribution < -0.4 is 10.1 Å². The summed E-state index contributed by atoms with van der Waals surface area (Å²) in [6, 6.07) is 4.31. The van der Waals surface area contributed by atoms with Crippen molar-refractivity contribution in [1.82, 2.24) is 15.4 Å². The molecule has 4 rings (SSSR count).